The van der Waals surface area contributed by atoms with Crippen molar-refractivity contribution in [3.63, 3.8) is 0 Å². The second-order valence-corrected chi connectivity index (χ2v) is 8.44. The molecule has 170 valence electrons. The minimum absolute atomic E-state index is 0.195. The topological polar surface area (TPSA) is 71.3 Å². The summed E-state index contributed by atoms with van der Waals surface area (Å²) in [5, 5.41) is 7.40. The Hall–Kier alpha value is -4.19. The lowest BCUT2D eigenvalue weighted by Crippen LogP contribution is -2.46. The molecule has 6 nitrogen and oxygen atoms in total. The fourth-order valence-electron chi connectivity index (χ4n) is 4.33. The Labute approximate surface area is 198 Å². The Balaban J connectivity index is 1.65. The number of allylic oxidation sites excluding steroid dienone is 1. The van der Waals surface area contributed by atoms with Crippen molar-refractivity contribution in [2.75, 3.05) is 4.90 Å². The van der Waals surface area contributed by atoms with Crippen LogP contribution in [0.25, 0.3) is 17.0 Å². The van der Waals surface area contributed by atoms with Crippen molar-refractivity contribution in [3.8, 4) is 11.4 Å². The van der Waals surface area contributed by atoms with Gasteiger partial charge in [0, 0.05) is 11.3 Å². The Kier molecular flexibility index (Phi) is 5.72. The van der Waals surface area contributed by atoms with Crippen molar-refractivity contribution < 1.29 is 9.32 Å². The third kappa shape index (κ3) is 3.99. The van der Waals surface area contributed by atoms with Crippen LogP contribution >= 0.6 is 0 Å². The van der Waals surface area contributed by atoms with Gasteiger partial charge in [0.1, 0.15) is 0 Å². The standard InChI is InChI=1S/C28H26N4O2/c1-4-20-13-15-21(16-14-20)25-24(27-30-26(31-34-27)22-10-6-5-7-11-22)19(3)32(28(33)29-25)23-12-8-9-18(2)17-23/h5-17,25H,4H2,1-3H3,(H,29,33). The summed E-state index contributed by atoms with van der Waals surface area (Å²) < 4.78 is 5.77. The lowest BCUT2D eigenvalue weighted by atomic mass is 9.93. The fourth-order valence-corrected chi connectivity index (χ4v) is 4.33. The molecule has 1 aliphatic rings. The summed E-state index contributed by atoms with van der Waals surface area (Å²) in [5.41, 5.74) is 6.45. The normalized spacial score (nSPS) is 16.0. The zero-order valence-corrected chi connectivity index (χ0v) is 19.4. The van der Waals surface area contributed by atoms with Gasteiger partial charge in [-0.1, -0.05) is 78.8 Å². The van der Waals surface area contributed by atoms with Crippen LogP contribution in [0.4, 0.5) is 10.5 Å². The van der Waals surface area contributed by atoms with E-state index >= 15 is 0 Å². The molecular formula is C28H26N4O2. The van der Waals surface area contributed by atoms with Crippen molar-refractivity contribution in [3.05, 3.63) is 107 Å². The molecule has 1 atom stereocenters. The Morgan fingerprint density at radius 1 is 0.971 bits per heavy atom. The van der Waals surface area contributed by atoms with Crippen molar-refractivity contribution in [2.45, 2.75) is 33.2 Å². The number of nitrogens with zero attached hydrogens (tertiary/aromatic N) is 3. The quantitative estimate of drug-likeness (QED) is 0.387. The van der Waals surface area contributed by atoms with E-state index in [0.29, 0.717) is 11.7 Å². The molecular weight excluding hydrogens is 424 g/mol. The lowest BCUT2D eigenvalue weighted by molar-refractivity contribution is 0.244. The highest BCUT2D eigenvalue weighted by Crippen LogP contribution is 2.39. The van der Waals surface area contributed by atoms with Crippen LogP contribution in [0, 0.1) is 6.92 Å². The first-order valence-corrected chi connectivity index (χ1v) is 11.4. The number of rotatable bonds is 5. The third-order valence-electron chi connectivity index (χ3n) is 6.15. The minimum Gasteiger partial charge on any atom is -0.334 e. The van der Waals surface area contributed by atoms with Crippen LogP contribution in [0.3, 0.4) is 0 Å². The summed E-state index contributed by atoms with van der Waals surface area (Å²) in [6.45, 7) is 6.06. The maximum atomic E-state index is 13.3. The highest BCUT2D eigenvalue weighted by Gasteiger charge is 2.36. The van der Waals surface area contributed by atoms with E-state index in [9.17, 15) is 4.79 Å². The number of hydrogen-bond acceptors (Lipinski definition) is 4. The number of aromatic nitrogens is 2. The van der Waals surface area contributed by atoms with Gasteiger partial charge in [0.05, 0.1) is 17.3 Å². The molecule has 3 aromatic carbocycles. The SMILES string of the molecule is CCc1ccc(C2NC(=O)N(c3cccc(C)c3)C(C)=C2c2nc(-c3ccccc3)no2)cc1. The van der Waals surface area contributed by atoms with Gasteiger partial charge in [0.15, 0.2) is 0 Å². The van der Waals surface area contributed by atoms with E-state index in [2.05, 4.69) is 29.5 Å². The molecule has 34 heavy (non-hydrogen) atoms. The Morgan fingerprint density at radius 3 is 2.44 bits per heavy atom. The first kappa shape index (κ1) is 21.6. The molecule has 0 saturated carbocycles. The molecule has 0 saturated heterocycles. The summed E-state index contributed by atoms with van der Waals surface area (Å²) in [7, 11) is 0. The van der Waals surface area contributed by atoms with Gasteiger partial charge < -0.3 is 9.84 Å². The summed E-state index contributed by atoms with van der Waals surface area (Å²) in [6, 6.07) is 25.2. The predicted molar refractivity (Wildman–Crippen MR) is 133 cm³/mol. The number of carbonyl (C=O) groups excluding carboxylic acids is 1. The molecule has 1 unspecified atom stereocenters. The molecule has 0 bridgehead atoms. The number of nitrogens with one attached hydrogen (secondary N) is 1. The second kappa shape index (κ2) is 8.98. The Bertz CT molecular complexity index is 1360. The van der Waals surface area contributed by atoms with Gasteiger partial charge in [-0.15, -0.1) is 0 Å². The van der Waals surface area contributed by atoms with Gasteiger partial charge in [-0.2, -0.15) is 4.98 Å². The average molecular weight is 451 g/mol. The highest BCUT2D eigenvalue weighted by molar-refractivity contribution is 6.01. The van der Waals surface area contributed by atoms with Crippen LogP contribution in [-0.2, 0) is 6.42 Å². The molecule has 4 aromatic rings. The van der Waals surface area contributed by atoms with Crippen molar-refractivity contribution in [2.24, 2.45) is 0 Å². The van der Waals surface area contributed by atoms with Gasteiger partial charge in [-0.05, 0) is 49.1 Å². The van der Waals surface area contributed by atoms with Crippen LogP contribution in [0.15, 0.2) is 89.1 Å². The number of anilines is 1. The largest absolute Gasteiger partial charge is 0.334 e. The van der Waals surface area contributed by atoms with Crippen molar-refractivity contribution >= 4 is 17.3 Å². The van der Waals surface area contributed by atoms with E-state index in [-0.39, 0.29) is 6.03 Å². The number of hydrogen-bond donors (Lipinski definition) is 1. The van der Waals surface area contributed by atoms with Crippen LogP contribution in [0.2, 0.25) is 0 Å². The summed E-state index contributed by atoms with van der Waals surface area (Å²) >= 11 is 0. The van der Waals surface area contributed by atoms with E-state index in [1.165, 1.54) is 5.56 Å². The van der Waals surface area contributed by atoms with Crippen LogP contribution in [-0.4, -0.2) is 16.2 Å². The summed E-state index contributed by atoms with van der Waals surface area (Å²) in [4.78, 5) is 19.7. The fraction of sp³-hybridized carbons (Fsp3) is 0.179. The van der Waals surface area contributed by atoms with E-state index in [1.807, 2.05) is 80.6 Å². The van der Waals surface area contributed by atoms with E-state index in [0.717, 1.165) is 40.1 Å². The predicted octanol–water partition coefficient (Wildman–Crippen LogP) is 6.31. The number of aryl methyl sites for hydroxylation is 2. The first-order valence-electron chi connectivity index (χ1n) is 11.4. The molecule has 0 radical (unpaired) electrons. The zero-order chi connectivity index (χ0) is 23.7. The zero-order valence-electron chi connectivity index (χ0n) is 19.4. The summed E-state index contributed by atoms with van der Waals surface area (Å²) in [6.07, 6.45) is 0.949. The molecule has 0 fully saturated rings. The molecule has 0 spiro atoms. The van der Waals surface area contributed by atoms with Gasteiger partial charge in [-0.3, -0.25) is 4.90 Å². The first-order chi connectivity index (χ1) is 16.5. The maximum absolute atomic E-state index is 13.3. The van der Waals surface area contributed by atoms with E-state index in [4.69, 9.17) is 9.51 Å². The Morgan fingerprint density at radius 2 is 1.74 bits per heavy atom. The van der Waals surface area contributed by atoms with Crippen LogP contribution in [0.1, 0.15) is 42.5 Å². The van der Waals surface area contributed by atoms with E-state index in [1.54, 1.807) is 4.90 Å². The van der Waals surface area contributed by atoms with E-state index < -0.39 is 6.04 Å². The minimum atomic E-state index is -0.413. The maximum Gasteiger partial charge on any atom is 0.326 e. The number of benzene rings is 3. The van der Waals surface area contributed by atoms with Gasteiger partial charge in [0.25, 0.3) is 5.89 Å². The third-order valence-corrected chi connectivity index (χ3v) is 6.15. The highest BCUT2D eigenvalue weighted by atomic mass is 16.5. The summed E-state index contributed by atoms with van der Waals surface area (Å²) in [5.74, 6) is 0.897. The van der Waals surface area contributed by atoms with Crippen molar-refractivity contribution in [1.29, 1.82) is 0 Å². The van der Waals surface area contributed by atoms with Gasteiger partial charge in [0.2, 0.25) is 5.82 Å². The van der Waals surface area contributed by atoms with Gasteiger partial charge in [-0.25, -0.2) is 4.79 Å². The second-order valence-electron chi connectivity index (χ2n) is 8.44. The molecule has 5 rings (SSSR count). The van der Waals surface area contributed by atoms with Crippen molar-refractivity contribution in [1.82, 2.24) is 15.5 Å². The monoisotopic (exact) mass is 450 g/mol. The smallest absolute Gasteiger partial charge is 0.326 e. The molecule has 2 heterocycles. The number of amides is 2. The number of urea groups is 1. The molecule has 1 aliphatic heterocycles. The lowest BCUT2D eigenvalue weighted by Gasteiger charge is -2.35. The number of carbonyl (C=O) groups is 1. The average Bonchev–Trinajstić information content (AvgIpc) is 3.34. The van der Waals surface area contributed by atoms with Crippen LogP contribution in [0.5, 0.6) is 0 Å². The molecule has 2 amide bonds. The van der Waals surface area contributed by atoms with Crippen LogP contribution < -0.4 is 10.2 Å². The van der Waals surface area contributed by atoms with Gasteiger partial charge >= 0.3 is 6.03 Å². The molecule has 0 aliphatic carbocycles. The molecule has 1 aromatic heterocycles. The molecule has 6 heteroatoms. The molecule has 1 N–H and O–H groups in total.